The number of para-hydroxylation sites is 1. The average molecular weight is 394 g/mol. The van der Waals surface area contributed by atoms with Crippen LogP contribution in [0.3, 0.4) is 0 Å². The van der Waals surface area contributed by atoms with Crippen LogP contribution in [-0.2, 0) is 4.79 Å². The number of carbonyl (C=O) groups is 1. The Morgan fingerprint density at radius 3 is 2.86 bits per heavy atom. The first-order valence-electron chi connectivity index (χ1n) is 9.54. The zero-order valence-corrected chi connectivity index (χ0v) is 16.1. The van der Waals surface area contributed by atoms with E-state index in [1.165, 1.54) is 0 Å². The maximum Gasteiger partial charge on any atom is 0.241 e. The molecule has 1 aliphatic rings. The van der Waals surface area contributed by atoms with Gasteiger partial charge < -0.3 is 10.1 Å². The number of carbonyl (C=O) groups excluding carboxylic acids is 1. The lowest BCUT2D eigenvalue weighted by Crippen LogP contribution is -2.40. The fraction of sp³-hybridized carbons (Fsp3) is 0.350. The Morgan fingerprint density at radius 1 is 1.24 bits per heavy atom. The molecule has 1 fully saturated rings. The molecular weight excluding hydrogens is 372 g/mol. The molecular formula is C20H22N6O3. The van der Waals surface area contributed by atoms with E-state index >= 15 is 0 Å². The topological polar surface area (TPSA) is 106 Å². The fourth-order valence-corrected chi connectivity index (χ4v) is 3.44. The number of nitrogens with one attached hydrogen (secondary N) is 1. The van der Waals surface area contributed by atoms with Crippen molar-refractivity contribution < 1.29 is 14.2 Å². The van der Waals surface area contributed by atoms with Crippen LogP contribution in [0.4, 0.5) is 5.82 Å². The molecule has 0 radical (unpaired) electrons. The number of piperidine rings is 1. The molecule has 1 N–H and O–H groups in total. The van der Waals surface area contributed by atoms with Gasteiger partial charge in [-0.25, -0.2) is 9.61 Å². The van der Waals surface area contributed by atoms with Gasteiger partial charge in [0.15, 0.2) is 5.82 Å². The summed E-state index contributed by atoms with van der Waals surface area (Å²) >= 11 is 0. The van der Waals surface area contributed by atoms with Gasteiger partial charge >= 0.3 is 0 Å². The molecule has 1 aromatic carbocycles. The first-order valence-corrected chi connectivity index (χ1v) is 9.54. The number of rotatable bonds is 6. The minimum absolute atomic E-state index is 0.138. The molecule has 9 heteroatoms. The van der Waals surface area contributed by atoms with Gasteiger partial charge in [0.1, 0.15) is 17.1 Å². The van der Waals surface area contributed by atoms with E-state index in [0.717, 1.165) is 30.8 Å². The van der Waals surface area contributed by atoms with Crippen molar-refractivity contribution in [1.82, 2.24) is 25.2 Å². The quantitative estimate of drug-likeness (QED) is 0.680. The zero-order valence-electron chi connectivity index (χ0n) is 16.1. The van der Waals surface area contributed by atoms with Crippen molar-refractivity contribution in [2.75, 3.05) is 25.0 Å². The molecule has 0 unspecified atom stereocenters. The SMILES string of the molecule is Cc1nonc1NC(=O)CN1CCC[C@@H](c2nccnc2Oc2ccccc2)C1. The third kappa shape index (κ3) is 4.75. The van der Waals surface area contributed by atoms with Gasteiger partial charge in [-0.2, -0.15) is 0 Å². The molecule has 0 aliphatic carbocycles. The molecule has 0 bridgehead atoms. The largest absolute Gasteiger partial charge is 0.437 e. The summed E-state index contributed by atoms with van der Waals surface area (Å²) < 4.78 is 10.6. The van der Waals surface area contributed by atoms with Gasteiger partial charge in [0.05, 0.1) is 6.54 Å². The molecule has 1 amide bonds. The summed E-state index contributed by atoms with van der Waals surface area (Å²) in [6.07, 6.45) is 5.24. The first kappa shape index (κ1) is 19.0. The van der Waals surface area contributed by atoms with Crippen LogP contribution in [0.25, 0.3) is 0 Å². The average Bonchev–Trinajstić information content (AvgIpc) is 3.13. The number of anilines is 1. The Labute approximate surface area is 168 Å². The highest BCUT2D eigenvalue weighted by Crippen LogP contribution is 2.32. The highest BCUT2D eigenvalue weighted by atomic mass is 16.6. The lowest BCUT2D eigenvalue weighted by atomic mass is 9.94. The predicted octanol–water partition coefficient (Wildman–Crippen LogP) is 2.78. The zero-order chi connectivity index (χ0) is 20.1. The van der Waals surface area contributed by atoms with Crippen molar-refractivity contribution in [1.29, 1.82) is 0 Å². The second-order valence-corrected chi connectivity index (χ2v) is 6.98. The number of ether oxygens (including phenoxy) is 1. The summed E-state index contributed by atoms with van der Waals surface area (Å²) in [6, 6.07) is 9.54. The molecule has 1 aliphatic heterocycles. The van der Waals surface area contributed by atoms with Gasteiger partial charge in [0, 0.05) is 24.9 Å². The first-order chi connectivity index (χ1) is 14.2. The summed E-state index contributed by atoms with van der Waals surface area (Å²) in [7, 11) is 0. The minimum Gasteiger partial charge on any atom is -0.437 e. The molecule has 1 atom stereocenters. The summed E-state index contributed by atoms with van der Waals surface area (Å²) in [5.74, 6) is 1.58. The van der Waals surface area contributed by atoms with E-state index in [1.54, 1.807) is 19.3 Å². The lowest BCUT2D eigenvalue weighted by molar-refractivity contribution is -0.117. The number of hydrogen-bond donors (Lipinski definition) is 1. The van der Waals surface area contributed by atoms with Crippen molar-refractivity contribution in [3.8, 4) is 11.6 Å². The van der Waals surface area contributed by atoms with Gasteiger partial charge in [-0.15, -0.1) is 0 Å². The maximum absolute atomic E-state index is 12.4. The molecule has 2 aromatic heterocycles. The van der Waals surface area contributed by atoms with Gasteiger partial charge in [0.25, 0.3) is 0 Å². The summed E-state index contributed by atoms with van der Waals surface area (Å²) in [6.45, 7) is 3.53. The van der Waals surface area contributed by atoms with Crippen LogP contribution in [-0.4, -0.2) is 50.7 Å². The Morgan fingerprint density at radius 2 is 2.07 bits per heavy atom. The Hall–Kier alpha value is -3.33. The van der Waals surface area contributed by atoms with E-state index in [-0.39, 0.29) is 18.4 Å². The van der Waals surface area contributed by atoms with E-state index in [0.29, 0.717) is 23.9 Å². The smallest absolute Gasteiger partial charge is 0.241 e. The molecule has 150 valence electrons. The molecule has 0 saturated carbocycles. The van der Waals surface area contributed by atoms with Gasteiger partial charge in [-0.1, -0.05) is 23.4 Å². The van der Waals surface area contributed by atoms with Crippen LogP contribution >= 0.6 is 0 Å². The molecule has 0 spiro atoms. The standard InChI is InChI=1S/C20H22N6O3/c1-14-19(25-29-24-14)23-17(27)13-26-11-5-6-15(12-26)18-20(22-10-9-21-18)28-16-7-3-2-4-8-16/h2-4,7-10,15H,5-6,11-13H2,1H3,(H,23,25,27)/t15-/m1/s1. The van der Waals surface area contributed by atoms with E-state index in [4.69, 9.17) is 4.74 Å². The van der Waals surface area contributed by atoms with Crippen LogP contribution in [0, 0.1) is 6.92 Å². The van der Waals surface area contributed by atoms with E-state index in [2.05, 4.69) is 35.1 Å². The number of benzene rings is 1. The van der Waals surface area contributed by atoms with Crippen LogP contribution in [0.15, 0.2) is 47.4 Å². The van der Waals surface area contributed by atoms with Crippen LogP contribution in [0.5, 0.6) is 11.6 Å². The third-order valence-electron chi connectivity index (χ3n) is 4.82. The summed E-state index contributed by atoms with van der Waals surface area (Å²) in [5, 5.41) is 10.1. The van der Waals surface area contributed by atoms with Crippen LogP contribution < -0.4 is 10.1 Å². The van der Waals surface area contributed by atoms with Gasteiger partial charge in [-0.3, -0.25) is 14.7 Å². The number of aromatic nitrogens is 4. The van der Waals surface area contributed by atoms with Gasteiger partial charge in [-0.05, 0) is 43.6 Å². The highest BCUT2D eigenvalue weighted by Gasteiger charge is 2.27. The monoisotopic (exact) mass is 394 g/mol. The maximum atomic E-state index is 12.4. The molecule has 9 nitrogen and oxygen atoms in total. The second-order valence-electron chi connectivity index (χ2n) is 6.98. The normalized spacial score (nSPS) is 17.1. The number of hydrogen-bond acceptors (Lipinski definition) is 8. The Kier molecular flexibility index (Phi) is 5.76. The van der Waals surface area contributed by atoms with Crippen molar-refractivity contribution in [3.05, 3.63) is 54.1 Å². The fourth-order valence-electron chi connectivity index (χ4n) is 3.44. The molecule has 29 heavy (non-hydrogen) atoms. The van der Waals surface area contributed by atoms with Crippen LogP contribution in [0.2, 0.25) is 0 Å². The minimum atomic E-state index is -0.149. The Balaban J connectivity index is 1.42. The molecule has 3 aromatic rings. The molecule has 1 saturated heterocycles. The summed E-state index contributed by atoms with van der Waals surface area (Å²) in [5.41, 5.74) is 1.37. The van der Waals surface area contributed by atoms with E-state index < -0.39 is 0 Å². The van der Waals surface area contributed by atoms with Gasteiger partial charge in [0.2, 0.25) is 11.8 Å². The van der Waals surface area contributed by atoms with Crippen molar-refractivity contribution in [3.63, 3.8) is 0 Å². The Bertz CT molecular complexity index is 962. The number of aryl methyl sites for hydroxylation is 1. The van der Waals surface area contributed by atoms with E-state index in [1.807, 2.05) is 30.3 Å². The predicted molar refractivity (Wildman–Crippen MR) is 105 cm³/mol. The number of nitrogens with zero attached hydrogens (tertiary/aromatic N) is 5. The molecule has 4 rings (SSSR count). The van der Waals surface area contributed by atoms with Crippen molar-refractivity contribution in [2.24, 2.45) is 0 Å². The second kappa shape index (κ2) is 8.78. The van der Waals surface area contributed by atoms with Crippen molar-refractivity contribution in [2.45, 2.75) is 25.7 Å². The van der Waals surface area contributed by atoms with Crippen molar-refractivity contribution >= 4 is 11.7 Å². The third-order valence-corrected chi connectivity index (χ3v) is 4.82. The summed E-state index contributed by atoms with van der Waals surface area (Å²) in [4.78, 5) is 23.4. The number of amides is 1. The highest BCUT2D eigenvalue weighted by molar-refractivity contribution is 5.91. The van der Waals surface area contributed by atoms with Crippen LogP contribution in [0.1, 0.15) is 30.1 Å². The number of likely N-dealkylation sites (tertiary alicyclic amines) is 1. The van der Waals surface area contributed by atoms with E-state index in [9.17, 15) is 4.79 Å². The molecule has 3 heterocycles. The lowest BCUT2D eigenvalue weighted by Gasteiger charge is -2.32.